The second kappa shape index (κ2) is 6.38. The molecule has 19 heavy (non-hydrogen) atoms. The van der Waals surface area contributed by atoms with Crippen molar-refractivity contribution in [2.45, 2.75) is 25.0 Å². The Morgan fingerprint density at radius 3 is 2.95 bits per heavy atom. The molecule has 1 aromatic carbocycles. The van der Waals surface area contributed by atoms with Crippen molar-refractivity contribution in [2.24, 2.45) is 0 Å². The van der Waals surface area contributed by atoms with Gasteiger partial charge in [-0.1, -0.05) is 36.0 Å². The summed E-state index contributed by atoms with van der Waals surface area (Å²) in [4.78, 5) is 10.6. The number of carboxylic acids is 1. The lowest BCUT2D eigenvalue weighted by Gasteiger charge is -2.07. The van der Waals surface area contributed by atoms with Gasteiger partial charge in [0.05, 0.1) is 5.75 Å². The Labute approximate surface area is 115 Å². The highest BCUT2D eigenvalue weighted by Crippen LogP contribution is 2.16. The molecule has 0 unspecified atom stereocenters. The SMILES string of the molecule is Cc1ccccc1CCn1cnnc1SCC(=O)O. The number of aryl methyl sites for hydroxylation is 3. The summed E-state index contributed by atoms with van der Waals surface area (Å²) in [7, 11) is 0. The summed E-state index contributed by atoms with van der Waals surface area (Å²) in [6.07, 6.45) is 2.52. The molecular weight excluding hydrogens is 262 g/mol. The van der Waals surface area contributed by atoms with E-state index >= 15 is 0 Å². The minimum absolute atomic E-state index is 0.00303. The maximum absolute atomic E-state index is 10.6. The number of aliphatic carboxylic acids is 1. The van der Waals surface area contributed by atoms with Crippen molar-refractivity contribution < 1.29 is 9.90 Å². The van der Waals surface area contributed by atoms with Crippen LogP contribution < -0.4 is 0 Å². The third kappa shape index (κ3) is 3.82. The molecule has 5 nitrogen and oxygen atoms in total. The van der Waals surface area contributed by atoms with E-state index < -0.39 is 5.97 Å². The summed E-state index contributed by atoms with van der Waals surface area (Å²) in [5.41, 5.74) is 2.54. The van der Waals surface area contributed by atoms with Gasteiger partial charge in [0.1, 0.15) is 6.33 Å². The second-order valence-electron chi connectivity index (χ2n) is 4.17. The molecule has 6 heteroatoms. The smallest absolute Gasteiger partial charge is 0.313 e. The van der Waals surface area contributed by atoms with Crippen LogP contribution in [0.1, 0.15) is 11.1 Å². The van der Waals surface area contributed by atoms with Gasteiger partial charge in [-0.15, -0.1) is 10.2 Å². The van der Waals surface area contributed by atoms with Crippen molar-refractivity contribution in [3.05, 3.63) is 41.7 Å². The van der Waals surface area contributed by atoms with Gasteiger partial charge in [0.2, 0.25) is 0 Å². The van der Waals surface area contributed by atoms with Gasteiger partial charge in [0.25, 0.3) is 0 Å². The molecule has 1 heterocycles. The first-order valence-corrected chi connectivity index (χ1v) is 6.92. The third-order valence-electron chi connectivity index (χ3n) is 2.79. The molecule has 0 radical (unpaired) electrons. The van der Waals surface area contributed by atoms with Crippen LogP contribution in [-0.2, 0) is 17.8 Å². The minimum Gasteiger partial charge on any atom is -0.481 e. The molecule has 0 aliphatic rings. The van der Waals surface area contributed by atoms with E-state index in [1.54, 1.807) is 6.33 Å². The molecule has 0 amide bonds. The molecular formula is C13H15N3O2S. The highest BCUT2D eigenvalue weighted by Gasteiger charge is 2.08. The molecule has 2 aromatic rings. The fraction of sp³-hybridized carbons (Fsp3) is 0.308. The number of thioether (sulfide) groups is 1. The van der Waals surface area contributed by atoms with Crippen LogP contribution in [0, 0.1) is 6.92 Å². The topological polar surface area (TPSA) is 68.0 Å². The average molecular weight is 277 g/mol. The molecule has 0 atom stereocenters. The van der Waals surface area contributed by atoms with Crippen molar-refractivity contribution >= 4 is 17.7 Å². The molecule has 0 saturated carbocycles. The first-order valence-electron chi connectivity index (χ1n) is 5.93. The van der Waals surface area contributed by atoms with Crippen molar-refractivity contribution in [1.29, 1.82) is 0 Å². The summed E-state index contributed by atoms with van der Waals surface area (Å²) in [6, 6.07) is 8.23. The van der Waals surface area contributed by atoms with Crippen LogP contribution in [0.3, 0.4) is 0 Å². The van der Waals surface area contributed by atoms with Crippen molar-refractivity contribution in [2.75, 3.05) is 5.75 Å². The Morgan fingerprint density at radius 2 is 2.21 bits per heavy atom. The number of benzene rings is 1. The van der Waals surface area contributed by atoms with E-state index in [1.165, 1.54) is 22.9 Å². The zero-order chi connectivity index (χ0) is 13.7. The zero-order valence-corrected chi connectivity index (χ0v) is 11.4. The van der Waals surface area contributed by atoms with Gasteiger partial charge in [-0.05, 0) is 24.5 Å². The number of nitrogens with zero attached hydrogens (tertiary/aromatic N) is 3. The molecule has 0 fully saturated rings. The number of hydrogen-bond donors (Lipinski definition) is 1. The summed E-state index contributed by atoms with van der Waals surface area (Å²) in [5.74, 6) is -0.846. The predicted molar refractivity (Wildman–Crippen MR) is 73.3 cm³/mol. The van der Waals surface area contributed by atoms with E-state index in [-0.39, 0.29) is 5.75 Å². The third-order valence-corrected chi connectivity index (χ3v) is 3.75. The maximum Gasteiger partial charge on any atom is 0.313 e. The van der Waals surface area contributed by atoms with Gasteiger partial charge in [-0.3, -0.25) is 4.79 Å². The second-order valence-corrected chi connectivity index (χ2v) is 5.11. The van der Waals surface area contributed by atoms with Crippen LogP contribution in [0.15, 0.2) is 35.7 Å². The van der Waals surface area contributed by atoms with Crippen LogP contribution in [-0.4, -0.2) is 31.6 Å². The van der Waals surface area contributed by atoms with Crippen molar-refractivity contribution in [1.82, 2.24) is 14.8 Å². The highest BCUT2D eigenvalue weighted by atomic mass is 32.2. The van der Waals surface area contributed by atoms with Gasteiger partial charge in [0.15, 0.2) is 5.16 Å². The van der Waals surface area contributed by atoms with E-state index in [4.69, 9.17) is 5.11 Å². The molecule has 0 bridgehead atoms. The molecule has 2 rings (SSSR count). The maximum atomic E-state index is 10.6. The van der Waals surface area contributed by atoms with E-state index in [1.807, 2.05) is 16.7 Å². The monoisotopic (exact) mass is 277 g/mol. The van der Waals surface area contributed by atoms with Crippen molar-refractivity contribution in [3.63, 3.8) is 0 Å². The number of carboxylic acid groups (broad SMARTS) is 1. The van der Waals surface area contributed by atoms with E-state index in [9.17, 15) is 4.79 Å². The quantitative estimate of drug-likeness (QED) is 0.818. The van der Waals surface area contributed by atoms with Crippen LogP contribution in [0.5, 0.6) is 0 Å². The lowest BCUT2D eigenvalue weighted by Crippen LogP contribution is -2.05. The van der Waals surface area contributed by atoms with Crippen molar-refractivity contribution in [3.8, 4) is 0 Å². The van der Waals surface area contributed by atoms with Gasteiger partial charge in [-0.2, -0.15) is 0 Å². The Kier molecular flexibility index (Phi) is 4.57. The lowest BCUT2D eigenvalue weighted by atomic mass is 10.1. The normalized spacial score (nSPS) is 10.6. The fourth-order valence-corrected chi connectivity index (χ4v) is 2.43. The van der Waals surface area contributed by atoms with Crippen LogP contribution >= 0.6 is 11.8 Å². The number of carbonyl (C=O) groups is 1. The molecule has 0 aliphatic carbocycles. The fourth-order valence-electron chi connectivity index (χ4n) is 1.77. The first-order chi connectivity index (χ1) is 9.16. The van der Waals surface area contributed by atoms with Gasteiger partial charge >= 0.3 is 5.97 Å². The van der Waals surface area contributed by atoms with Crippen LogP contribution in [0.25, 0.3) is 0 Å². The molecule has 1 aromatic heterocycles. The number of rotatable bonds is 6. The molecule has 0 aliphatic heterocycles. The molecule has 1 N–H and O–H groups in total. The standard InChI is InChI=1S/C13H15N3O2S/c1-10-4-2-3-5-11(10)6-7-16-9-14-15-13(16)19-8-12(17)18/h2-5,9H,6-8H2,1H3,(H,17,18). The predicted octanol–water partition coefficient (Wildman–Crippen LogP) is 2.01. The number of hydrogen-bond acceptors (Lipinski definition) is 4. The molecule has 0 saturated heterocycles. The summed E-state index contributed by atoms with van der Waals surface area (Å²) < 4.78 is 1.89. The Balaban J connectivity index is 1.98. The van der Waals surface area contributed by atoms with Gasteiger partial charge in [-0.25, -0.2) is 0 Å². The molecule has 0 spiro atoms. The summed E-state index contributed by atoms with van der Waals surface area (Å²) in [6.45, 7) is 2.83. The van der Waals surface area contributed by atoms with Gasteiger partial charge < -0.3 is 9.67 Å². The summed E-state index contributed by atoms with van der Waals surface area (Å²) >= 11 is 1.19. The average Bonchev–Trinajstić information content (AvgIpc) is 2.83. The van der Waals surface area contributed by atoms with Crippen LogP contribution in [0.4, 0.5) is 0 Å². The van der Waals surface area contributed by atoms with Crippen LogP contribution in [0.2, 0.25) is 0 Å². The largest absolute Gasteiger partial charge is 0.481 e. The Hall–Kier alpha value is -1.82. The van der Waals surface area contributed by atoms with Gasteiger partial charge in [0, 0.05) is 6.54 Å². The van der Waals surface area contributed by atoms with E-state index in [0.29, 0.717) is 5.16 Å². The minimum atomic E-state index is -0.849. The van der Waals surface area contributed by atoms with E-state index in [0.717, 1.165) is 13.0 Å². The van der Waals surface area contributed by atoms with E-state index in [2.05, 4.69) is 29.3 Å². The summed E-state index contributed by atoms with van der Waals surface area (Å²) in [5, 5.41) is 17.1. The Morgan fingerprint density at radius 1 is 1.42 bits per heavy atom. The lowest BCUT2D eigenvalue weighted by molar-refractivity contribution is -0.133. The number of aromatic nitrogens is 3. The highest BCUT2D eigenvalue weighted by molar-refractivity contribution is 7.99. The first kappa shape index (κ1) is 13.6. The zero-order valence-electron chi connectivity index (χ0n) is 10.6. The Bertz CT molecular complexity index is 569. The molecule has 100 valence electrons.